The van der Waals surface area contributed by atoms with E-state index in [-0.39, 0.29) is 11.3 Å². The molecule has 2 aromatic rings. The average molecular weight is 357 g/mol. The highest BCUT2D eigenvalue weighted by Gasteiger charge is 2.32. The largest absolute Gasteiger partial charge is 0.338 e. The minimum absolute atomic E-state index is 0.0301. The van der Waals surface area contributed by atoms with Gasteiger partial charge in [-0.25, -0.2) is 4.79 Å². The molecule has 25 heavy (non-hydrogen) atoms. The predicted molar refractivity (Wildman–Crippen MR) is 100 cm³/mol. The summed E-state index contributed by atoms with van der Waals surface area (Å²) in [5.41, 5.74) is 0.201. The van der Waals surface area contributed by atoms with Gasteiger partial charge in [-0.05, 0) is 36.4 Å². The fourth-order valence-electron chi connectivity index (χ4n) is 2.82. The summed E-state index contributed by atoms with van der Waals surface area (Å²) in [6, 6.07) is 7.76. The third kappa shape index (κ3) is 2.95. The molecule has 1 aromatic carbocycles. The number of thioether (sulfide) groups is 1. The Hall–Kier alpha value is -2.54. The van der Waals surface area contributed by atoms with Crippen LogP contribution in [0.3, 0.4) is 0 Å². The minimum Gasteiger partial charge on any atom is -0.338 e. The first-order chi connectivity index (χ1) is 12.0. The molecule has 1 aliphatic heterocycles. The topological polar surface area (TPSA) is 73.1 Å². The lowest BCUT2D eigenvalue weighted by atomic mass is 10.1. The fourth-order valence-corrected chi connectivity index (χ4v) is 3.23. The molecule has 0 saturated heterocycles. The van der Waals surface area contributed by atoms with Crippen molar-refractivity contribution in [1.29, 1.82) is 0 Å². The first kappa shape index (κ1) is 17.3. The lowest BCUT2D eigenvalue weighted by molar-refractivity contribution is 0.104. The standard InChI is InChI=1S/C18H19N3O3S/c1-4-9-21-16-14(17(23)20(2)18(21)24)15(22)13(19-16)10-11-5-7-12(25-3)8-6-11/h5-8,10,19H,4,9H2,1-3H3/b13-10+. The van der Waals surface area contributed by atoms with Crippen LogP contribution in [0.4, 0.5) is 5.82 Å². The second kappa shape index (κ2) is 6.76. The summed E-state index contributed by atoms with van der Waals surface area (Å²) in [6.07, 6.45) is 4.41. The van der Waals surface area contributed by atoms with Crippen LogP contribution in [0.15, 0.2) is 44.4 Å². The highest BCUT2D eigenvalue weighted by Crippen LogP contribution is 2.26. The number of aromatic nitrogens is 2. The highest BCUT2D eigenvalue weighted by atomic mass is 32.2. The van der Waals surface area contributed by atoms with E-state index in [1.165, 1.54) is 11.6 Å². The Morgan fingerprint density at radius 3 is 2.44 bits per heavy atom. The maximum Gasteiger partial charge on any atom is 0.332 e. The van der Waals surface area contributed by atoms with E-state index in [9.17, 15) is 14.4 Å². The molecule has 0 aliphatic carbocycles. The molecule has 0 radical (unpaired) electrons. The summed E-state index contributed by atoms with van der Waals surface area (Å²) < 4.78 is 2.44. The first-order valence-corrected chi connectivity index (χ1v) is 9.21. The molecule has 0 unspecified atom stereocenters. The van der Waals surface area contributed by atoms with Crippen molar-refractivity contribution in [3.63, 3.8) is 0 Å². The predicted octanol–water partition coefficient (Wildman–Crippen LogP) is 2.33. The monoisotopic (exact) mass is 357 g/mol. The Labute approximate surface area is 149 Å². The number of carbonyl (C=O) groups excluding carboxylic acids is 1. The number of rotatable bonds is 4. The van der Waals surface area contributed by atoms with E-state index in [1.807, 2.05) is 37.4 Å². The number of hydrogen-bond donors (Lipinski definition) is 1. The van der Waals surface area contributed by atoms with E-state index in [0.717, 1.165) is 21.4 Å². The van der Waals surface area contributed by atoms with E-state index in [4.69, 9.17) is 0 Å². The molecule has 0 fully saturated rings. The highest BCUT2D eigenvalue weighted by molar-refractivity contribution is 7.98. The van der Waals surface area contributed by atoms with E-state index in [0.29, 0.717) is 18.1 Å². The molecule has 0 spiro atoms. The Bertz CT molecular complexity index is 984. The Morgan fingerprint density at radius 1 is 1.16 bits per heavy atom. The number of allylic oxidation sites excluding steroid dienone is 1. The van der Waals surface area contributed by atoms with Crippen molar-refractivity contribution < 1.29 is 4.79 Å². The summed E-state index contributed by atoms with van der Waals surface area (Å²) in [4.78, 5) is 38.6. The van der Waals surface area contributed by atoms with Crippen LogP contribution in [0, 0.1) is 0 Å². The molecule has 1 aromatic heterocycles. The molecule has 2 heterocycles. The molecular weight excluding hydrogens is 338 g/mol. The van der Waals surface area contributed by atoms with Gasteiger partial charge in [0.2, 0.25) is 5.78 Å². The maximum absolute atomic E-state index is 12.7. The quantitative estimate of drug-likeness (QED) is 0.672. The van der Waals surface area contributed by atoms with Crippen LogP contribution in [-0.4, -0.2) is 21.2 Å². The van der Waals surface area contributed by atoms with E-state index in [1.54, 1.807) is 17.8 Å². The van der Waals surface area contributed by atoms with Crippen molar-refractivity contribution in [2.75, 3.05) is 11.6 Å². The smallest absolute Gasteiger partial charge is 0.332 e. The van der Waals surface area contributed by atoms with Crippen molar-refractivity contribution in [2.24, 2.45) is 7.05 Å². The molecule has 6 nitrogen and oxygen atoms in total. The second-order valence-electron chi connectivity index (χ2n) is 5.81. The summed E-state index contributed by atoms with van der Waals surface area (Å²) in [7, 11) is 1.40. The normalized spacial score (nSPS) is 14.7. The van der Waals surface area contributed by atoms with Crippen molar-refractivity contribution in [3.05, 3.63) is 61.9 Å². The van der Waals surface area contributed by atoms with Gasteiger partial charge >= 0.3 is 5.69 Å². The molecule has 0 saturated carbocycles. The average Bonchev–Trinajstić information content (AvgIpc) is 2.94. The Balaban J connectivity index is 2.10. The molecule has 0 atom stereocenters. The third-order valence-electron chi connectivity index (χ3n) is 4.14. The molecule has 1 aliphatic rings. The van der Waals surface area contributed by atoms with Gasteiger partial charge in [-0.15, -0.1) is 11.8 Å². The van der Waals surface area contributed by atoms with Crippen molar-refractivity contribution in [2.45, 2.75) is 24.8 Å². The number of anilines is 1. The van der Waals surface area contributed by atoms with E-state index in [2.05, 4.69) is 5.32 Å². The molecule has 7 heteroatoms. The van der Waals surface area contributed by atoms with E-state index < -0.39 is 11.2 Å². The zero-order chi connectivity index (χ0) is 18.1. The van der Waals surface area contributed by atoms with Crippen LogP contribution in [0.1, 0.15) is 29.3 Å². The van der Waals surface area contributed by atoms with Crippen molar-refractivity contribution in [1.82, 2.24) is 9.13 Å². The number of carbonyl (C=O) groups is 1. The van der Waals surface area contributed by atoms with Crippen LogP contribution >= 0.6 is 11.8 Å². The number of ketones is 1. The molecule has 0 bridgehead atoms. The lowest BCUT2D eigenvalue weighted by Crippen LogP contribution is -2.40. The maximum atomic E-state index is 12.7. The molecule has 1 N–H and O–H groups in total. The zero-order valence-electron chi connectivity index (χ0n) is 14.3. The fraction of sp³-hybridized carbons (Fsp3) is 0.278. The second-order valence-corrected chi connectivity index (χ2v) is 6.69. The van der Waals surface area contributed by atoms with Gasteiger partial charge in [-0.3, -0.25) is 18.7 Å². The van der Waals surface area contributed by atoms with Gasteiger partial charge in [0.25, 0.3) is 5.56 Å². The molecular formula is C18H19N3O3S. The van der Waals surface area contributed by atoms with Crippen molar-refractivity contribution >= 4 is 29.4 Å². The van der Waals surface area contributed by atoms with Gasteiger partial charge in [-0.2, -0.15) is 0 Å². The van der Waals surface area contributed by atoms with Gasteiger partial charge in [0, 0.05) is 18.5 Å². The minimum atomic E-state index is -0.564. The lowest BCUT2D eigenvalue weighted by Gasteiger charge is -2.11. The first-order valence-electron chi connectivity index (χ1n) is 7.99. The number of hydrogen-bond acceptors (Lipinski definition) is 5. The van der Waals surface area contributed by atoms with Crippen LogP contribution in [0.2, 0.25) is 0 Å². The summed E-state index contributed by atoms with van der Waals surface area (Å²) in [5, 5.41) is 2.98. The number of Topliss-reactive ketones (excluding diaryl/α,β-unsaturated/α-hetero) is 1. The van der Waals surface area contributed by atoms with Gasteiger partial charge in [0.05, 0.1) is 5.70 Å². The molecule has 3 rings (SSSR count). The van der Waals surface area contributed by atoms with Gasteiger partial charge in [-0.1, -0.05) is 19.1 Å². The summed E-state index contributed by atoms with van der Waals surface area (Å²) >= 11 is 1.64. The number of fused-ring (bicyclic) bond motifs is 1. The number of nitrogens with zero attached hydrogens (tertiary/aromatic N) is 2. The van der Waals surface area contributed by atoms with Gasteiger partial charge < -0.3 is 5.32 Å². The third-order valence-corrected chi connectivity index (χ3v) is 4.89. The molecule has 130 valence electrons. The van der Waals surface area contributed by atoms with Gasteiger partial charge in [0.15, 0.2) is 0 Å². The number of nitrogens with one attached hydrogen (secondary N) is 1. The summed E-state index contributed by atoms with van der Waals surface area (Å²) in [5.74, 6) is -0.0821. The van der Waals surface area contributed by atoms with Crippen LogP contribution in [-0.2, 0) is 13.6 Å². The molecule has 0 amide bonds. The summed E-state index contributed by atoms with van der Waals surface area (Å²) in [6.45, 7) is 2.37. The number of benzene rings is 1. The SMILES string of the molecule is CCCn1c2c(c(=O)n(C)c1=O)C(=O)/C(=C\c1ccc(SC)cc1)N2. The Morgan fingerprint density at radius 2 is 1.84 bits per heavy atom. The van der Waals surface area contributed by atoms with Crippen molar-refractivity contribution in [3.8, 4) is 0 Å². The van der Waals surface area contributed by atoms with E-state index >= 15 is 0 Å². The van der Waals surface area contributed by atoms with Crippen LogP contribution < -0.4 is 16.6 Å². The van der Waals surface area contributed by atoms with Crippen LogP contribution in [0.25, 0.3) is 6.08 Å². The Kier molecular flexibility index (Phi) is 4.67. The van der Waals surface area contributed by atoms with Crippen LogP contribution in [0.5, 0.6) is 0 Å². The zero-order valence-corrected chi connectivity index (χ0v) is 15.1. The van der Waals surface area contributed by atoms with Gasteiger partial charge in [0.1, 0.15) is 11.4 Å².